The lowest BCUT2D eigenvalue weighted by Gasteiger charge is -2.17. The molecule has 1 aliphatic rings. The van der Waals surface area contributed by atoms with Crippen molar-refractivity contribution in [3.8, 4) is 0 Å². The van der Waals surface area contributed by atoms with E-state index in [0.717, 1.165) is 12.8 Å². The molecule has 0 fully saturated rings. The van der Waals surface area contributed by atoms with Gasteiger partial charge in [0.25, 0.3) is 0 Å². The lowest BCUT2D eigenvalue weighted by Crippen LogP contribution is -2.22. The Bertz CT molecular complexity index is 281. The van der Waals surface area contributed by atoms with Gasteiger partial charge in [0.1, 0.15) is 0 Å². The van der Waals surface area contributed by atoms with E-state index in [4.69, 9.17) is 0 Å². The molecule has 0 aromatic carbocycles. The van der Waals surface area contributed by atoms with E-state index < -0.39 is 8.07 Å². The molecule has 0 radical (unpaired) electrons. The summed E-state index contributed by atoms with van der Waals surface area (Å²) in [6.07, 6.45) is 7.87. The van der Waals surface area contributed by atoms with E-state index in [1.165, 1.54) is 0 Å². The lowest BCUT2D eigenvalue weighted by molar-refractivity contribution is -0.114. The molecule has 0 aliphatic heterocycles. The van der Waals surface area contributed by atoms with E-state index in [0.29, 0.717) is 5.92 Å². The highest BCUT2D eigenvalue weighted by molar-refractivity contribution is 6.82. The summed E-state index contributed by atoms with van der Waals surface area (Å²) in [5.41, 5.74) is 0. The molecule has 1 atom stereocenters. The molecular formula is C12H20OSi. The Morgan fingerprint density at radius 3 is 2.64 bits per heavy atom. The molecule has 0 spiro atoms. The zero-order valence-electron chi connectivity index (χ0n) is 9.63. The van der Waals surface area contributed by atoms with E-state index in [1.807, 2.05) is 0 Å². The van der Waals surface area contributed by atoms with Gasteiger partial charge in [0, 0.05) is 6.42 Å². The predicted molar refractivity (Wildman–Crippen MR) is 64.0 cm³/mol. The third-order valence-corrected chi connectivity index (χ3v) is 5.50. The molecule has 0 saturated carbocycles. The van der Waals surface area contributed by atoms with Crippen molar-refractivity contribution in [1.82, 2.24) is 0 Å². The second kappa shape index (κ2) is 4.26. The topological polar surface area (TPSA) is 17.1 Å². The number of ketones is 1. The third-order valence-electron chi connectivity index (χ3n) is 2.93. The van der Waals surface area contributed by atoms with Crippen LogP contribution in [0, 0.1) is 5.92 Å². The van der Waals surface area contributed by atoms with Gasteiger partial charge in [-0.05, 0) is 25.3 Å². The molecule has 1 unspecified atom stereocenters. The molecule has 1 rings (SSSR count). The van der Waals surface area contributed by atoms with E-state index in [-0.39, 0.29) is 5.78 Å². The number of allylic oxidation sites excluding steroid dienone is 4. The number of carbonyl (C=O) groups excluding carboxylic acids is 1. The zero-order valence-corrected chi connectivity index (χ0v) is 10.6. The number of rotatable bonds is 3. The highest BCUT2D eigenvalue weighted by atomic mass is 28.3. The maximum atomic E-state index is 11.0. The fourth-order valence-electron chi connectivity index (χ4n) is 1.43. The zero-order chi connectivity index (χ0) is 10.8. The smallest absolute Gasteiger partial charge is 0.155 e. The van der Waals surface area contributed by atoms with Crippen molar-refractivity contribution < 1.29 is 4.79 Å². The second-order valence-corrected chi connectivity index (χ2v) is 10.5. The second-order valence-electron chi connectivity index (χ2n) is 5.16. The maximum Gasteiger partial charge on any atom is 0.155 e. The molecule has 2 heteroatoms. The standard InChI is InChI=1S/C12H20OSi/c1-10(14(2,3)4)5-6-11-7-8-12(13)9-11/h5,7-8,11H,6,9H2,1-4H3/b10-5-. The molecule has 14 heavy (non-hydrogen) atoms. The van der Waals surface area contributed by atoms with Gasteiger partial charge in [0.05, 0.1) is 8.07 Å². The molecule has 0 N–H and O–H groups in total. The molecule has 0 aromatic heterocycles. The van der Waals surface area contributed by atoms with Gasteiger partial charge < -0.3 is 0 Å². The van der Waals surface area contributed by atoms with Crippen LogP contribution in [0.4, 0.5) is 0 Å². The maximum absolute atomic E-state index is 11.0. The van der Waals surface area contributed by atoms with Gasteiger partial charge in [0.15, 0.2) is 5.78 Å². The van der Waals surface area contributed by atoms with Crippen LogP contribution in [0.15, 0.2) is 23.4 Å². The van der Waals surface area contributed by atoms with Crippen LogP contribution >= 0.6 is 0 Å². The number of carbonyl (C=O) groups is 1. The first kappa shape index (κ1) is 11.4. The average molecular weight is 208 g/mol. The number of hydrogen-bond acceptors (Lipinski definition) is 1. The van der Waals surface area contributed by atoms with E-state index in [1.54, 1.807) is 11.3 Å². The largest absolute Gasteiger partial charge is 0.295 e. The third kappa shape index (κ3) is 3.26. The Kier molecular flexibility index (Phi) is 3.48. The summed E-state index contributed by atoms with van der Waals surface area (Å²) in [6, 6.07) is 0. The Labute approximate surface area is 87.9 Å². The van der Waals surface area contributed by atoms with Crippen molar-refractivity contribution >= 4 is 13.9 Å². The van der Waals surface area contributed by atoms with E-state index >= 15 is 0 Å². The minimum atomic E-state index is -1.10. The highest BCUT2D eigenvalue weighted by Gasteiger charge is 2.17. The SMILES string of the molecule is C/C(=C/CC1C=CC(=O)C1)[Si](C)(C)C. The Hall–Kier alpha value is -0.633. The van der Waals surface area contributed by atoms with Crippen LogP contribution in [0.3, 0.4) is 0 Å². The van der Waals surface area contributed by atoms with Gasteiger partial charge in [-0.3, -0.25) is 4.79 Å². The Balaban J connectivity index is 2.48. The van der Waals surface area contributed by atoms with Gasteiger partial charge >= 0.3 is 0 Å². The minimum absolute atomic E-state index is 0.286. The highest BCUT2D eigenvalue weighted by Crippen LogP contribution is 2.21. The molecule has 1 aliphatic carbocycles. The summed E-state index contributed by atoms with van der Waals surface area (Å²) in [4.78, 5) is 11.0. The summed E-state index contributed by atoms with van der Waals surface area (Å²) in [5.74, 6) is 0.753. The molecule has 0 amide bonds. The van der Waals surface area contributed by atoms with Crippen LogP contribution in [-0.2, 0) is 4.79 Å². The monoisotopic (exact) mass is 208 g/mol. The van der Waals surface area contributed by atoms with Gasteiger partial charge in [-0.2, -0.15) is 0 Å². The first-order valence-corrected chi connectivity index (χ1v) is 8.78. The van der Waals surface area contributed by atoms with Crippen LogP contribution in [0.1, 0.15) is 19.8 Å². The summed E-state index contributed by atoms with van der Waals surface area (Å²) in [7, 11) is -1.10. The first-order chi connectivity index (χ1) is 6.39. The average Bonchev–Trinajstić information content (AvgIpc) is 2.45. The van der Waals surface area contributed by atoms with Crippen LogP contribution in [0.5, 0.6) is 0 Å². The van der Waals surface area contributed by atoms with Crippen LogP contribution in [0.25, 0.3) is 0 Å². The Morgan fingerprint density at radius 2 is 2.21 bits per heavy atom. The van der Waals surface area contributed by atoms with Crippen molar-refractivity contribution in [2.24, 2.45) is 5.92 Å². The van der Waals surface area contributed by atoms with Crippen molar-refractivity contribution in [2.75, 3.05) is 0 Å². The van der Waals surface area contributed by atoms with Gasteiger partial charge in [-0.1, -0.05) is 37.0 Å². The van der Waals surface area contributed by atoms with Crippen molar-refractivity contribution in [3.63, 3.8) is 0 Å². The van der Waals surface area contributed by atoms with E-state index in [9.17, 15) is 4.79 Å². The van der Waals surface area contributed by atoms with Crippen molar-refractivity contribution in [3.05, 3.63) is 23.4 Å². The van der Waals surface area contributed by atoms with Crippen LogP contribution < -0.4 is 0 Å². The van der Waals surface area contributed by atoms with E-state index in [2.05, 4.69) is 38.7 Å². The predicted octanol–water partition coefficient (Wildman–Crippen LogP) is 3.35. The van der Waals surface area contributed by atoms with Crippen LogP contribution in [-0.4, -0.2) is 13.9 Å². The van der Waals surface area contributed by atoms with Gasteiger partial charge in [-0.15, -0.1) is 0 Å². The van der Waals surface area contributed by atoms with Crippen molar-refractivity contribution in [2.45, 2.75) is 39.4 Å². The molecule has 0 aromatic rings. The van der Waals surface area contributed by atoms with Gasteiger partial charge in [0.2, 0.25) is 0 Å². The number of hydrogen-bond donors (Lipinski definition) is 0. The molecule has 0 bridgehead atoms. The summed E-state index contributed by atoms with van der Waals surface area (Å²) < 4.78 is 0. The quantitative estimate of drug-likeness (QED) is 0.650. The van der Waals surface area contributed by atoms with Crippen molar-refractivity contribution in [1.29, 1.82) is 0 Å². The summed E-state index contributed by atoms with van der Waals surface area (Å²) in [6.45, 7) is 9.30. The molecular weight excluding hydrogens is 188 g/mol. The Morgan fingerprint density at radius 1 is 1.57 bits per heavy atom. The fourth-order valence-corrected chi connectivity index (χ4v) is 2.16. The molecule has 0 heterocycles. The summed E-state index contributed by atoms with van der Waals surface area (Å²) in [5, 5.41) is 1.55. The van der Waals surface area contributed by atoms with Gasteiger partial charge in [-0.25, -0.2) is 0 Å². The fraction of sp³-hybridized carbons (Fsp3) is 0.583. The molecule has 0 saturated heterocycles. The first-order valence-electron chi connectivity index (χ1n) is 5.28. The van der Waals surface area contributed by atoms with Crippen LogP contribution in [0.2, 0.25) is 19.6 Å². The normalized spacial score (nSPS) is 23.3. The lowest BCUT2D eigenvalue weighted by atomic mass is 10.1. The summed E-state index contributed by atoms with van der Waals surface area (Å²) >= 11 is 0. The minimum Gasteiger partial charge on any atom is -0.295 e. The molecule has 78 valence electrons. The molecule has 1 nitrogen and oxygen atoms in total.